The van der Waals surface area contributed by atoms with Gasteiger partial charge in [-0.25, -0.2) is 0 Å². The van der Waals surface area contributed by atoms with Gasteiger partial charge in [-0.2, -0.15) is 0 Å². The van der Waals surface area contributed by atoms with E-state index >= 15 is 0 Å². The Kier molecular flexibility index (Phi) is 4.35. The molecule has 0 bridgehead atoms. The van der Waals surface area contributed by atoms with Crippen LogP contribution in [0.5, 0.6) is 0 Å². The highest BCUT2D eigenvalue weighted by Gasteiger charge is 2.08. The predicted molar refractivity (Wildman–Crippen MR) is 74.0 cm³/mol. The van der Waals surface area contributed by atoms with Crippen LogP contribution in [-0.4, -0.2) is 11.2 Å². The smallest absolute Gasteiger partial charge is 0.0621 e. The van der Waals surface area contributed by atoms with Crippen LogP contribution in [0.3, 0.4) is 0 Å². The first kappa shape index (κ1) is 12.3. The van der Waals surface area contributed by atoms with E-state index in [0.29, 0.717) is 12.8 Å². The van der Waals surface area contributed by atoms with Gasteiger partial charge < -0.3 is 5.11 Å². The SMILES string of the molecule is O[C@@H](Cc1ccccc1)Cc1ccccc1Br. The molecule has 2 aromatic rings. The van der Waals surface area contributed by atoms with Gasteiger partial charge in [0.25, 0.3) is 0 Å². The highest BCUT2D eigenvalue weighted by Crippen LogP contribution is 2.18. The predicted octanol–water partition coefficient (Wildman–Crippen LogP) is 3.60. The van der Waals surface area contributed by atoms with E-state index in [9.17, 15) is 5.11 Å². The molecule has 1 nitrogen and oxygen atoms in total. The van der Waals surface area contributed by atoms with Crippen molar-refractivity contribution in [1.29, 1.82) is 0 Å². The van der Waals surface area contributed by atoms with Gasteiger partial charge in [-0.3, -0.25) is 0 Å². The lowest BCUT2D eigenvalue weighted by atomic mass is 10.0. The summed E-state index contributed by atoms with van der Waals surface area (Å²) in [5.41, 5.74) is 2.32. The Morgan fingerprint density at radius 3 is 2.24 bits per heavy atom. The number of aliphatic hydroxyl groups is 1. The van der Waals surface area contributed by atoms with E-state index in [0.717, 1.165) is 10.0 Å². The minimum absolute atomic E-state index is 0.337. The molecule has 0 aliphatic carbocycles. The van der Waals surface area contributed by atoms with Crippen LogP contribution < -0.4 is 0 Å². The van der Waals surface area contributed by atoms with Gasteiger partial charge in [-0.05, 0) is 30.0 Å². The summed E-state index contributed by atoms with van der Waals surface area (Å²) in [6.45, 7) is 0. The zero-order valence-electron chi connectivity index (χ0n) is 9.51. The first-order valence-corrected chi connectivity index (χ1v) is 6.50. The van der Waals surface area contributed by atoms with Crippen LogP contribution >= 0.6 is 15.9 Å². The van der Waals surface area contributed by atoms with Gasteiger partial charge in [0.1, 0.15) is 0 Å². The fourth-order valence-electron chi connectivity index (χ4n) is 1.88. The number of rotatable bonds is 4. The van der Waals surface area contributed by atoms with Crippen molar-refractivity contribution in [3.8, 4) is 0 Å². The molecule has 0 unspecified atom stereocenters. The van der Waals surface area contributed by atoms with Crippen molar-refractivity contribution in [2.24, 2.45) is 0 Å². The topological polar surface area (TPSA) is 20.2 Å². The van der Waals surface area contributed by atoms with Gasteiger partial charge in [-0.1, -0.05) is 64.5 Å². The maximum absolute atomic E-state index is 10.1. The zero-order valence-corrected chi connectivity index (χ0v) is 11.1. The van der Waals surface area contributed by atoms with Crippen LogP contribution in [0.15, 0.2) is 59.1 Å². The lowest BCUT2D eigenvalue weighted by molar-refractivity contribution is 0.175. The normalized spacial score (nSPS) is 12.4. The average Bonchev–Trinajstić information content (AvgIpc) is 2.33. The summed E-state index contributed by atoms with van der Waals surface area (Å²) in [6, 6.07) is 18.1. The molecule has 2 heteroatoms. The molecule has 17 heavy (non-hydrogen) atoms. The van der Waals surface area contributed by atoms with Gasteiger partial charge >= 0.3 is 0 Å². The summed E-state index contributed by atoms with van der Waals surface area (Å²) in [7, 11) is 0. The zero-order chi connectivity index (χ0) is 12.1. The fourth-order valence-corrected chi connectivity index (χ4v) is 2.32. The van der Waals surface area contributed by atoms with Crippen LogP contribution in [0.25, 0.3) is 0 Å². The third-order valence-electron chi connectivity index (χ3n) is 2.73. The number of hydrogen-bond acceptors (Lipinski definition) is 1. The molecule has 0 heterocycles. The average molecular weight is 291 g/mol. The molecule has 1 atom stereocenters. The molecule has 0 saturated carbocycles. The second-order valence-electron chi connectivity index (χ2n) is 4.14. The largest absolute Gasteiger partial charge is 0.392 e. The van der Waals surface area contributed by atoms with Crippen LogP contribution in [-0.2, 0) is 12.8 Å². The number of halogens is 1. The Balaban J connectivity index is 1.98. The quantitative estimate of drug-likeness (QED) is 0.912. The van der Waals surface area contributed by atoms with E-state index in [1.54, 1.807) is 0 Å². The van der Waals surface area contributed by atoms with E-state index in [-0.39, 0.29) is 6.10 Å². The lowest BCUT2D eigenvalue weighted by Gasteiger charge is -2.11. The van der Waals surface area contributed by atoms with Crippen molar-refractivity contribution in [3.63, 3.8) is 0 Å². The van der Waals surface area contributed by atoms with Crippen molar-refractivity contribution in [3.05, 3.63) is 70.2 Å². The van der Waals surface area contributed by atoms with E-state index in [2.05, 4.69) is 15.9 Å². The van der Waals surface area contributed by atoms with Crippen LogP contribution in [0, 0.1) is 0 Å². The molecule has 0 radical (unpaired) electrons. The Bertz CT molecular complexity index is 467. The second-order valence-corrected chi connectivity index (χ2v) is 4.99. The van der Waals surface area contributed by atoms with Crippen molar-refractivity contribution in [2.45, 2.75) is 18.9 Å². The Morgan fingerprint density at radius 1 is 0.882 bits per heavy atom. The Labute approximate surface area is 110 Å². The maximum atomic E-state index is 10.1. The Morgan fingerprint density at radius 2 is 1.53 bits per heavy atom. The molecule has 0 aliphatic heterocycles. The second kappa shape index (κ2) is 5.99. The first-order valence-electron chi connectivity index (χ1n) is 5.71. The first-order chi connectivity index (χ1) is 8.25. The van der Waals surface area contributed by atoms with E-state index in [1.807, 2.05) is 54.6 Å². The summed E-state index contributed by atoms with van der Waals surface area (Å²) in [5, 5.41) is 10.1. The lowest BCUT2D eigenvalue weighted by Crippen LogP contribution is -2.14. The molecule has 0 amide bonds. The van der Waals surface area contributed by atoms with Crippen LogP contribution in [0.2, 0.25) is 0 Å². The summed E-state index contributed by atoms with van der Waals surface area (Å²) in [4.78, 5) is 0. The molecule has 2 aromatic carbocycles. The molecule has 0 fully saturated rings. The molecule has 0 saturated heterocycles. The van der Waals surface area contributed by atoms with E-state index in [4.69, 9.17) is 0 Å². The molecular weight excluding hydrogens is 276 g/mol. The van der Waals surface area contributed by atoms with Gasteiger partial charge in [0.2, 0.25) is 0 Å². The molecule has 0 spiro atoms. The number of benzene rings is 2. The highest BCUT2D eigenvalue weighted by molar-refractivity contribution is 9.10. The number of aliphatic hydroxyl groups excluding tert-OH is 1. The minimum atomic E-state index is -0.337. The van der Waals surface area contributed by atoms with Crippen LogP contribution in [0.4, 0.5) is 0 Å². The Hall–Kier alpha value is -1.12. The minimum Gasteiger partial charge on any atom is -0.392 e. The summed E-state index contributed by atoms with van der Waals surface area (Å²) in [6.07, 6.45) is 1.04. The maximum Gasteiger partial charge on any atom is 0.0621 e. The third kappa shape index (κ3) is 3.69. The summed E-state index contributed by atoms with van der Waals surface area (Å²) < 4.78 is 1.06. The highest BCUT2D eigenvalue weighted by atomic mass is 79.9. The standard InChI is InChI=1S/C15H15BrO/c16-15-9-5-4-8-13(15)11-14(17)10-12-6-2-1-3-7-12/h1-9,14,17H,10-11H2/t14-/m0/s1. The van der Waals surface area contributed by atoms with Crippen molar-refractivity contribution in [1.82, 2.24) is 0 Å². The molecular formula is C15H15BrO. The van der Waals surface area contributed by atoms with Gasteiger partial charge in [-0.15, -0.1) is 0 Å². The summed E-state index contributed by atoms with van der Waals surface area (Å²) in [5.74, 6) is 0. The van der Waals surface area contributed by atoms with E-state index < -0.39 is 0 Å². The molecule has 1 N–H and O–H groups in total. The monoisotopic (exact) mass is 290 g/mol. The van der Waals surface area contributed by atoms with E-state index in [1.165, 1.54) is 5.56 Å². The van der Waals surface area contributed by atoms with Crippen LogP contribution in [0.1, 0.15) is 11.1 Å². The number of hydrogen-bond donors (Lipinski definition) is 1. The van der Waals surface area contributed by atoms with Gasteiger partial charge in [0.15, 0.2) is 0 Å². The molecule has 0 aliphatic rings. The van der Waals surface area contributed by atoms with Crippen molar-refractivity contribution < 1.29 is 5.11 Å². The van der Waals surface area contributed by atoms with Crippen molar-refractivity contribution in [2.75, 3.05) is 0 Å². The van der Waals surface area contributed by atoms with Gasteiger partial charge in [0.05, 0.1) is 6.10 Å². The molecule has 88 valence electrons. The van der Waals surface area contributed by atoms with Crippen molar-refractivity contribution >= 4 is 15.9 Å². The molecule has 2 rings (SSSR count). The molecule has 0 aromatic heterocycles. The van der Waals surface area contributed by atoms with Gasteiger partial charge in [0, 0.05) is 4.47 Å². The summed E-state index contributed by atoms with van der Waals surface area (Å²) >= 11 is 3.50. The third-order valence-corrected chi connectivity index (χ3v) is 3.50. The fraction of sp³-hybridized carbons (Fsp3) is 0.200.